The number of aromatic amines is 1. The van der Waals surface area contributed by atoms with Crippen molar-refractivity contribution in [3.05, 3.63) is 89.2 Å². The molecule has 4 rings (SSSR count). The minimum absolute atomic E-state index is 0.0274. The molecule has 0 bridgehead atoms. The molecule has 1 unspecified atom stereocenters. The third-order valence-electron chi connectivity index (χ3n) is 5.22. The highest BCUT2D eigenvalue weighted by molar-refractivity contribution is 5.92. The molecule has 7 nitrogen and oxygen atoms in total. The van der Waals surface area contributed by atoms with Crippen molar-refractivity contribution >= 4 is 11.9 Å². The van der Waals surface area contributed by atoms with Crippen molar-refractivity contribution in [1.29, 1.82) is 0 Å². The van der Waals surface area contributed by atoms with E-state index in [2.05, 4.69) is 22.4 Å². The van der Waals surface area contributed by atoms with Gasteiger partial charge in [0.2, 0.25) is 0 Å². The zero-order chi connectivity index (χ0) is 24.7. The van der Waals surface area contributed by atoms with Crippen molar-refractivity contribution in [2.75, 3.05) is 19.6 Å². The molecule has 10 heteroatoms. The SMILES string of the molecule is O=C(O)C(F)(F)F.O=C(c1cc(Cc2ccccc2)c[nH]1)N1CCNC(c2ccc(O)cc2)C1. The van der Waals surface area contributed by atoms with Crippen molar-refractivity contribution in [2.45, 2.75) is 18.6 Å². The van der Waals surface area contributed by atoms with Crippen molar-refractivity contribution < 1.29 is 33.0 Å². The summed E-state index contributed by atoms with van der Waals surface area (Å²) in [6.45, 7) is 2.03. The largest absolute Gasteiger partial charge is 0.508 e. The van der Waals surface area contributed by atoms with Crippen molar-refractivity contribution in [3.63, 3.8) is 0 Å². The van der Waals surface area contributed by atoms with Crippen molar-refractivity contribution in [2.24, 2.45) is 0 Å². The number of carbonyl (C=O) groups is 2. The first kappa shape index (κ1) is 24.8. The zero-order valence-electron chi connectivity index (χ0n) is 18.0. The number of alkyl halides is 3. The summed E-state index contributed by atoms with van der Waals surface area (Å²) in [4.78, 5) is 26.8. The van der Waals surface area contributed by atoms with E-state index < -0.39 is 12.1 Å². The summed E-state index contributed by atoms with van der Waals surface area (Å²) in [5.41, 5.74) is 4.04. The van der Waals surface area contributed by atoms with Gasteiger partial charge in [0.05, 0.1) is 0 Å². The van der Waals surface area contributed by atoms with Crippen LogP contribution in [0.4, 0.5) is 13.2 Å². The van der Waals surface area contributed by atoms with E-state index >= 15 is 0 Å². The number of phenolic OH excluding ortho intramolecular Hbond substituents is 1. The first-order valence-electron chi connectivity index (χ1n) is 10.5. The number of nitrogens with one attached hydrogen (secondary N) is 2. The number of rotatable bonds is 4. The molecular formula is C24H24F3N3O4. The summed E-state index contributed by atoms with van der Waals surface area (Å²) in [6.07, 6.45) is -2.36. The zero-order valence-corrected chi connectivity index (χ0v) is 18.0. The minimum atomic E-state index is -5.08. The van der Waals surface area contributed by atoms with E-state index in [4.69, 9.17) is 9.90 Å². The molecule has 1 aliphatic heterocycles. The molecule has 0 saturated carbocycles. The summed E-state index contributed by atoms with van der Waals surface area (Å²) in [7, 11) is 0. The monoisotopic (exact) mass is 475 g/mol. The van der Waals surface area contributed by atoms with Gasteiger partial charge >= 0.3 is 12.1 Å². The number of carboxylic acid groups (broad SMARTS) is 1. The van der Waals surface area contributed by atoms with Crippen LogP contribution in [-0.2, 0) is 11.2 Å². The van der Waals surface area contributed by atoms with Crippen LogP contribution in [0.15, 0.2) is 66.9 Å². The standard InChI is InChI=1S/C22H23N3O2.C2HF3O2/c26-19-8-6-18(7-9-19)21-15-25(11-10-23-21)22(27)20-13-17(14-24-20)12-16-4-2-1-3-5-16;3-2(4,5)1(6)7/h1-9,13-14,21,23-24,26H,10-12,15H2;(H,6,7). The summed E-state index contributed by atoms with van der Waals surface area (Å²) in [5, 5.41) is 20.0. The number of aliphatic carboxylic acids is 1. The van der Waals surface area contributed by atoms with Crippen molar-refractivity contribution in [3.8, 4) is 5.75 Å². The van der Waals surface area contributed by atoms with Crippen LogP contribution in [0.3, 0.4) is 0 Å². The Balaban J connectivity index is 0.000000406. The maximum Gasteiger partial charge on any atom is 0.490 e. The number of aromatic hydroxyl groups is 1. The van der Waals surface area contributed by atoms with Gasteiger partial charge in [-0.3, -0.25) is 4.79 Å². The Hall–Kier alpha value is -3.79. The fourth-order valence-electron chi connectivity index (χ4n) is 3.53. The molecule has 1 amide bonds. The Morgan fingerprint density at radius 2 is 1.68 bits per heavy atom. The van der Waals surface area contributed by atoms with E-state index in [-0.39, 0.29) is 17.7 Å². The van der Waals surface area contributed by atoms with Gasteiger partial charge in [-0.1, -0.05) is 42.5 Å². The molecular weight excluding hydrogens is 451 g/mol. The van der Waals surface area contributed by atoms with Crippen molar-refractivity contribution in [1.82, 2.24) is 15.2 Å². The molecule has 2 heterocycles. The van der Waals surface area contributed by atoms with E-state index in [0.717, 1.165) is 24.1 Å². The lowest BCUT2D eigenvalue weighted by Gasteiger charge is -2.33. The number of H-pyrrole nitrogens is 1. The van der Waals surface area contributed by atoms with Gasteiger partial charge in [0.25, 0.3) is 5.91 Å². The lowest BCUT2D eigenvalue weighted by Crippen LogP contribution is -2.48. The highest BCUT2D eigenvalue weighted by Crippen LogP contribution is 2.21. The highest BCUT2D eigenvalue weighted by Gasteiger charge is 2.38. The van der Waals surface area contributed by atoms with Crippen LogP contribution < -0.4 is 5.32 Å². The Morgan fingerprint density at radius 1 is 1.03 bits per heavy atom. The number of hydrogen-bond acceptors (Lipinski definition) is 4. The number of benzene rings is 2. The fourth-order valence-corrected chi connectivity index (χ4v) is 3.53. The second-order valence-electron chi connectivity index (χ2n) is 7.74. The van der Waals surface area contributed by atoms with Crippen LogP contribution in [0.2, 0.25) is 0 Å². The number of nitrogens with zero attached hydrogens (tertiary/aromatic N) is 1. The van der Waals surface area contributed by atoms with E-state index in [9.17, 15) is 23.1 Å². The quantitative estimate of drug-likeness (QED) is 0.460. The van der Waals surface area contributed by atoms with Gasteiger partial charge in [0.15, 0.2) is 0 Å². The summed E-state index contributed by atoms with van der Waals surface area (Å²) >= 11 is 0. The topological polar surface area (TPSA) is 106 Å². The smallest absolute Gasteiger partial charge is 0.490 e. The van der Waals surface area contributed by atoms with E-state index in [1.807, 2.05) is 47.5 Å². The number of amides is 1. The number of phenols is 1. The number of aromatic nitrogens is 1. The number of carbonyl (C=O) groups excluding carboxylic acids is 1. The summed E-state index contributed by atoms with van der Waals surface area (Å²) < 4.78 is 31.7. The molecule has 0 spiro atoms. The maximum absolute atomic E-state index is 12.9. The third kappa shape index (κ3) is 6.85. The lowest BCUT2D eigenvalue weighted by atomic mass is 10.0. The molecule has 1 saturated heterocycles. The van der Waals surface area contributed by atoms with Crippen LogP contribution >= 0.6 is 0 Å². The first-order chi connectivity index (χ1) is 16.1. The number of halogens is 3. The Morgan fingerprint density at radius 3 is 2.29 bits per heavy atom. The van der Waals surface area contributed by atoms with Gasteiger partial charge < -0.3 is 25.4 Å². The number of piperazine rings is 1. The Kier molecular flexibility index (Phi) is 7.95. The van der Waals surface area contributed by atoms with Crippen LogP contribution in [0.1, 0.15) is 33.2 Å². The fraction of sp³-hybridized carbons (Fsp3) is 0.250. The van der Waals surface area contributed by atoms with Gasteiger partial charge in [-0.15, -0.1) is 0 Å². The second-order valence-corrected chi connectivity index (χ2v) is 7.74. The van der Waals surface area contributed by atoms with Gasteiger partial charge in [0.1, 0.15) is 11.4 Å². The third-order valence-corrected chi connectivity index (χ3v) is 5.22. The van der Waals surface area contributed by atoms with E-state index in [1.165, 1.54) is 5.56 Å². The van der Waals surface area contributed by atoms with Gasteiger partial charge in [-0.25, -0.2) is 4.79 Å². The Labute approximate surface area is 193 Å². The van der Waals surface area contributed by atoms with Gasteiger partial charge in [0, 0.05) is 31.9 Å². The van der Waals surface area contributed by atoms with E-state index in [1.54, 1.807) is 12.1 Å². The first-order valence-corrected chi connectivity index (χ1v) is 10.5. The highest BCUT2D eigenvalue weighted by atomic mass is 19.4. The predicted octanol–water partition coefficient (Wildman–Crippen LogP) is 3.73. The maximum atomic E-state index is 12.9. The second kappa shape index (κ2) is 10.9. The molecule has 180 valence electrons. The van der Waals surface area contributed by atoms with Crippen LogP contribution in [0.5, 0.6) is 5.75 Å². The molecule has 0 radical (unpaired) electrons. The van der Waals surface area contributed by atoms with Crippen LogP contribution in [0.25, 0.3) is 0 Å². The van der Waals surface area contributed by atoms with Crippen LogP contribution in [-0.4, -0.2) is 57.8 Å². The normalized spacial score (nSPS) is 15.9. The molecule has 0 aliphatic carbocycles. The average Bonchev–Trinajstić information content (AvgIpc) is 3.28. The molecule has 34 heavy (non-hydrogen) atoms. The summed E-state index contributed by atoms with van der Waals surface area (Å²) in [6, 6.07) is 19.4. The molecule has 1 atom stereocenters. The summed E-state index contributed by atoms with van der Waals surface area (Å²) in [5.74, 6) is -2.48. The van der Waals surface area contributed by atoms with Gasteiger partial charge in [-0.05, 0) is 41.3 Å². The van der Waals surface area contributed by atoms with E-state index in [0.29, 0.717) is 18.8 Å². The molecule has 1 aliphatic rings. The predicted molar refractivity (Wildman–Crippen MR) is 118 cm³/mol. The molecule has 1 fully saturated rings. The number of carboxylic acids is 1. The Bertz CT molecular complexity index is 1100. The molecule has 4 N–H and O–H groups in total. The van der Waals surface area contributed by atoms with Gasteiger partial charge in [-0.2, -0.15) is 13.2 Å². The van der Waals surface area contributed by atoms with Crippen LogP contribution in [0, 0.1) is 0 Å². The molecule has 3 aromatic rings. The molecule has 2 aromatic carbocycles. The lowest BCUT2D eigenvalue weighted by molar-refractivity contribution is -0.192. The minimum Gasteiger partial charge on any atom is -0.508 e. The number of hydrogen-bond donors (Lipinski definition) is 4. The average molecular weight is 475 g/mol. The molecule has 1 aromatic heterocycles.